The number of nitrogens with one attached hydrogen (secondary N) is 1. The highest BCUT2D eigenvalue weighted by atomic mass is 79.9. The van der Waals surface area contributed by atoms with Gasteiger partial charge in [0, 0.05) is 10.2 Å². The molecule has 2 rings (SSSR count). The summed E-state index contributed by atoms with van der Waals surface area (Å²) >= 11 is 3.48. The third-order valence-electron chi connectivity index (χ3n) is 3.22. The van der Waals surface area contributed by atoms with Crippen LogP contribution in [0.15, 0.2) is 46.9 Å². The lowest BCUT2D eigenvalue weighted by molar-refractivity contribution is 0.0940. The van der Waals surface area contributed by atoms with Crippen LogP contribution in [0, 0.1) is 0 Å². The minimum absolute atomic E-state index is 0.140. The fourth-order valence-corrected chi connectivity index (χ4v) is 2.67. The fourth-order valence-electron chi connectivity index (χ4n) is 2.04. The van der Waals surface area contributed by atoms with E-state index >= 15 is 0 Å². The van der Waals surface area contributed by atoms with Gasteiger partial charge in [0.1, 0.15) is 5.75 Å². The first kappa shape index (κ1) is 15.4. The number of methoxy groups -OCH3 is 1. The number of carbonyl (C=O) groups is 1. The summed E-state index contributed by atoms with van der Waals surface area (Å²) in [6.07, 6.45) is 0. The van der Waals surface area contributed by atoms with Crippen molar-refractivity contribution in [2.45, 2.75) is 13.0 Å². The van der Waals surface area contributed by atoms with Gasteiger partial charge in [-0.1, -0.05) is 34.1 Å². The summed E-state index contributed by atoms with van der Waals surface area (Å²) in [5.41, 5.74) is 7.70. The molecule has 0 heterocycles. The summed E-state index contributed by atoms with van der Waals surface area (Å²) < 4.78 is 6.08. The molecule has 1 amide bonds. The molecule has 0 aliphatic carbocycles. The van der Waals surface area contributed by atoms with Crippen molar-refractivity contribution >= 4 is 27.5 Å². The minimum Gasteiger partial charge on any atom is -0.497 e. The van der Waals surface area contributed by atoms with E-state index in [1.54, 1.807) is 25.3 Å². The fraction of sp³-hybridized carbons (Fsp3) is 0.188. The number of benzene rings is 2. The number of carbonyl (C=O) groups excluding carboxylic acids is 1. The smallest absolute Gasteiger partial charge is 0.253 e. The molecule has 0 spiro atoms. The number of hydrogen-bond donors (Lipinski definition) is 2. The van der Waals surface area contributed by atoms with Crippen molar-refractivity contribution in [1.82, 2.24) is 5.32 Å². The quantitative estimate of drug-likeness (QED) is 0.830. The van der Waals surface area contributed by atoms with E-state index in [2.05, 4.69) is 21.2 Å². The molecule has 0 saturated carbocycles. The van der Waals surface area contributed by atoms with Crippen molar-refractivity contribution < 1.29 is 9.53 Å². The second-order valence-corrected chi connectivity index (χ2v) is 5.52. The number of nitrogen functional groups attached to an aromatic ring is 1. The highest BCUT2D eigenvalue weighted by Gasteiger charge is 2.16. The lowest BCUT2D eigenvalue weighted by atomic mass is 10.1. The molecule has 21 heavy (non-hydrogen) atoms. The van der Waals surface area contributed by atoms with Crippen molar-refractivity contribution in [2.75, 3.05) is 12.8 Å². The number of amides is 1. The zero-order valence-electron chi connectivity index (χ0n) is 11.9. The highest BCUT2D eigenvalue weighted by Crippen LogP contribution is 2.24. The molecule has 0 radical (unpaired) electrons. The van der Waals surface area contributed by atoms with E-state index in [9.17, 15) is 4.79 Å². The highest BCUT2D eigenvalue weighted by molar-refractivity contribution is 9.10. The molecule has 0 fully saturated rings. The summed E-state index contributed by atoms with van der Waals surface area (Å²) in [5, 5.41) is 2.94. The van der Waals surface area contributed by atoms with Crippen LogP contribution >= 0.6 is 15.9 Å². The molecule has 0 aliphatic rings. The molecule has 4 nitrogen and oxygen atoms in total. The Balaban J connectivity index is 2.20. The van der Waals surface area contributed by atoms with E-state index in [0.29, 0.717) is 17.0 Å². The number of anilines is 1. The predicted molar refractivity (Wildman–Crippen MR) is 87.4 cm³/mol. The van der Waals surface area contributed by atoms with Crippen molar-refractivity contribution in [3.8, 4) is 5.75 Å². The van der Waals surface area contributed by atoms with Gasteiger partial charge in [0.2, 0.25) is 0 Å². The molecular formula is C16H17BrN2O2. The van der Waals surface area contributed by atoms with Crippen LogP contribution in [0.3, 0.4) is 0 Å². The first-order valence-electron chi connectivity index (χ1n) is 6.51. The first-order valence-corrected chi connectivity index (χ1v) is 7.31. The predicted octanol–water partition coefficient (Wildman–Crippen LogP) is 3.53. The maximum Gasteiger partial charge on any atom is 0.253 e. The Morgan fingerprint density at radius 2 is 2.00 bits per heavy atom. The number of halogens is 1. The molecule has 110 valence electrons. The number of nitrogens with two attached hydrogens (primary N) is 1. The zero-order valence-corrected chi connectivity index (χ0v) is 13.5. The van der Waals surface area contributed by atoms with E-state index in [0.717, 1.165) is 10.0 Å². The van der Waals surface area contributed by atoms with Gasteiger partial charge in [0.05, 0.1) is 18.7 Å². The Morgan fingerprint density at radius 3 is 2.67 bits per heavy atom. The van der Waals surface area contributed by atoms with E-state index in [4.69, 9.17) is 10.5 Å². The average Bonchev–Trinajstić information content (AvgIpc) is 2.48. The van der Waals surface area contributed by atoms with Gasteiger partial charge in [-0.3, -0.25) is 4.79 Å². The molecule has 1 atom stereocenters. The van der Waals surface area contributed by atoms with Crippen LogP contribution in [0.4, 0.5) is 5.69 Å². The average molecular weight is 349 g/mol. The van der Waals surface area contributed by atoms with Crippen LogP contribution < -0.4 is 15.8 Å². The van der Waals surface area contributed by atoms with Crippen LogP contribution in [0.1, 0.15) is 28.9 Å². The second kappa shape index (κ2) is 6.63. The Hall–Kier alpha value is -2.01. The molecule has 0 aliphatic heterocycles. The van der Waals surface area contributed by atoms with Crippen molar-refractivity contribution in [3.05, 3.63) is 58.1 Å². The third kappa shape index (κ3) is 3.55. The molecule has 5 heteroatoms. The minimum atomic E-state index is -0.227. The van der Waals surface area contributed by atoms with Crippen molar-refractivity contribution in [3.63, 3.8) is 0 Å². The normalized spacial score (nSPS) is 11.8. The SMILES string of the molecule is COc1ccc(N)c(C(=O)N[C@@H](C)c2ccccc2Br)c1. The van der Waals surface area contributed by atoms with Gasteiger partial charge in [-0.05, 0) is 36.8 Å². The summed E-state index contributed by atoms with van der Waals surface area (Å²) in [7, 11) is 1.55. The van der Waals surface area contributed by atoms with E-state index in [-0.39, 0.29) is 11.9 Å². The Kier molecular flexibility index (Phi) is 4.85. The maximum absolute atomic E-state index is 12.4. The molecule has 3 N–H and O–H groups in total. The summed E-state index contributed by atoms with van der Waals surface area (Å²) in [6.45, 7) is 1.92. The summed E-state index contributed by atoms with van der Waals surface area (Å²) in [4.78, 5) is 12.4. The summed E-state index contributed by atoms with van der Waals surface area (Å²) in [5.74, 6) is 0.373. The van der Waals surface area contributed by atoms with Crippen LogP contribution in [0.25, 0.3) is 0 Å². The zero-order chi connectivity index (χ0) is 15.4. The van der Waals surface area contributed by atoms with E-state index in [1.807, 2.05) is 31.2 Å². The Bertz CT molecular complexity index is 658. The van der Waals surface area contributed by atoms with Gasteiger partial charge < -0.3 is 15.8 Å². The number of rotatable bonds is 4. The van der Waals surface area contributed by atoms with E-state index < -0.39 is 0 Å². The molecule has 2 aromatic carbocycles. The second-order valence-electron chi connectivity index (χ2n) is 4.67. The van der Waals surface area contributed by atoms with Crippen LogP contribution in [0.5, 0.6) is 5.75 Å². The van der Waals surface area contributed by atoms with Crippen molar-refractivity contribution in [2.24, 2.45) is 0 Å². The van der Waals surface area contributed by atoms with Crippen LogP contribution in [0.2, 0.25) is 0 Å². The summed E-state index contributed by atoms with van der Waals surface area (Å²) in [6, 6.07) is 12.7. The molecule has 2 aromatic rings. The van der Waals surface area contributed by atoms with E-state index in [1.165, 1.54) is 0 Å². The van der Waals surface area contributed by atoms with Crippen LogP contribution in [-0.4, -0.2) is 13.0 Å². The Morgan fingerprint density at radius 1 is 1.29 bits per heavy atom. The van der Waals surface area contributed by atoms with Crippen molar-refractivity contribution in [1.29, 1.82) is 0 Å². The molecule has 0 saturated heterocycles. The lowest BCUT2D eigenvalue weighted by Crippen LogP contribution is -2.27. The molecule has 0 aromatic heterocycles. The van der Waals surface area contributed by atoms with Gasteiger partial charge in [-0.2, -0.15) is 0 Å². The standard InChI is InChI=1S/C16H17BrN2O2/c1-10(12-5-3-4-6-14(12)17)19-16(20)13-9-11(21-2)7-8-15(13)18/h3-10H,18H2,1-2H3,(H,19,20)/t10-/m0/s1. The largest absolute Gasteiger partial charge is 0.497 e. The molecule has 0 bridgehead atoms. The van der Waals surface area contributed by atoms with Crippen LogP contribution in [-0.2, 0) is 0 Å². The van der Waals surface area contributed by atoms with Gasteiger partial charge >= 0.3 is 0 Å². The van der Waals surface area contributed by atoms with Gasteiger partial charge in [-0.15, -0.1) is 0 Å². The van der Waals surface area contributed by atoms with Gasteiger partial charge in [0.15, 0.2) is 0 Å². The lowest BCUT2D eigenvalue weighted by Gasteiger charge is -2.17. The van der Waals surface area contributed by atoms with Gasteiger partial charge in [0.25, 0.3) is 5.91 Å². The number of hydrogen-bond acceptors (Lipinski definition) is 3. The first-order chi connectivity index (χ1) is 10.0. The monoisotopic (exact) mass is 348 g/mol. The topological polar surface area (TPSA) is 64.3 Å². The number of ether oxygens (including phenoxy) is 1. The molecule has 0 unspecified atom stereocenters. The third-order valence-corrected chi connectivity index (χ3v) is 3.95. The maximum atomic E-state index is 12.4. The molecular weight excluding hydrogens is 332 g/mol. The van der Waals surface area contributed by atoms with Gasteiger partial charge in [-0.25, -0.2) is 0 Å². The Labute approximate surface area is 132 Å².